The zero-order valence-corrected chi connectivity index (χ0v) is 12.4. The number of nitrogens with zero attached hydrogens (tertiary/aromatic N) is 1. The molecule has 0 aromatic heterocycles. The summed E-state index contributed by atoms with van der Waals surface area (Å²) >= 11 is 0. The number of para-hydroxylation sites is 1. The van der Waals surface area contributed by atoms with E-state index >= 15 is 0 Å². The van der Waals surface area contributed by atoms with E-state index in [1.165, 1.54) is 0 Å². The summed E-state index contributed by atoms with van der Waals surface area (Å²) in [6.45, 7) is 0.550. The fraction of sp³-hybridized carbons (Fsp3) is 0.438. The van der Waals surface area contributed by atoms with Gasteiger partial charge in [-0.15, -0.1) is 0 Å². The summed E-state index contributed by atoms with van der Waals surface area (Å²) in [6, 6.07) is 5.54. The maximum absolute atomic E-state index is 12.6. The second-order valence-corrected chi connectivity index (χ2v) is 6.31. The van der Waals surface area contributed by atoms with E-state index in [1.807, 2.05) is 0 Å². The summed E-state index contributed by atoms with van der Waals surface area (Å²) in [6.07, 6.45) is 1.30. The highest BCUT2D eigenvalue weighted by Gasteiger charge is 2.51. The largest absolute Gasteiger partial charge is 0.375 e. The maximum Gasteiger partial charge on any atom is 0.261 e. The molecule has 3 aliphatic rings. The topological polar surface area (TPSA) is 98.7 Å². The van der Waals surface area contributed by atoms with Gasteiger partial charge in [0.15, 0.2) is 5.60 Å². The Morgan fingerprint density at radius 1 is 1.26 bits per heavy atom. The number of carbonyl (C=O) groups is 3. The summed E-state index contributed by atoms with van der Waals surface area (Å²) in [5, 5.41) is 16.2. The van der Waals surface area contributed by atoms with Gasteiger partial charge in [-0.25, -0.2) is 0 Å². The standard InChI is InChI=1S/C16H17N3O4/c20-13-12-6-3-7-19(12)14(21)11(17-13)8-16(23)9-4-1-2-5-10(9)18-15(16)22/h1-2,4-5,11-12,23H,3,6-8H2,(H,17,20)(H,18,22). The summed E-state index contributed by atoms with van der Waals surface area (Å²) in [5.41, 5.74) is -0.833. The average molecular weight is 315 g/mol. The molecule has 4 rings (SSSR count). The Hall–Kier alpha value is -2.41. The summed E-state index contributed by atoms with van der Waals surface area (Å²) in [7, 11) is 0. The molecule has 3 amide bonds. The van der Waals surface area contributed by atoms with Gasteiger partial charge >= 0.3 is 0 Å². The van der Waals surface area contributed by atoms with Crippen molar-refractivity contribution in [2.24, 2.45) is 0 Å². The first-order valence-corrected chi connectivity index (χ1v) is 7.75. The Bertz CT molecular complexity index is 719. The summed E-state index contributed by atoms with van der Waals surface area (Å²) < 4.78 is 0. The summed E-state index contributed by atoms with van der Waals surface area (Å²) in [4.78, 5) is 38.5. The van der Waals surface area contributed by atoms with E-state index in [4.69, 9.17) is 0 Å². The molecule has 7 heteroatoms. The zero-order chi connectivity index (χ0) is 16.2. The fourth-order valence-electron chi connectivity index (χ4n) is 3.77. The zero-order valence-electron chi connectivity index (χ0n) is 12.4. The van der Waals surface area contributed by atoms with Gasteiger partial charge in [-0.05, 0) is 18.9 Å². The van der Waals surface area contributed by atoms with Gasteiger partial charge in [0.2, 0.25) is 11.8 Å². The molecule has 3 unspecified atom stereocenters. The fourth-order valence-corrected chi connectivity index (χ4v) is 3.77. The minimum atomic E-state index is -1.81. The third-order valence-electron chi connectivity index (χ3n) is 4.95. The first kappa shape index (κ1) is 14.2. The highest BCUT2D eigenvalue weighted by atomic mass is 16.3. The molecule has 2 saturated heterocycles. The van der Waals surface area contributed by atoms with E-state index in [9.17, 15) is 19.5 Å². The highest BCUT2D eigenvalue weighted by Crippen LogP contribution is 2.39. The van der Waals surface area contributed by atoms with Crippen molar-refractivity contribution in [1.29, 1.82) is 0 Å². The monoisotopic (exact) mass is 315 g/mol. The van der Waals surface area contributed by atoms with Crippen molar-refractivity contribution in [2.45, 2.75) is 36.9 Å². The normalized spacial score (nSPS) is 32.4. The molecule has 0 saturated carbocycles. The predicted molar refractivity (Wildman–Crippen MR) is 80.3 cm³/mol. The predicted octanol–water partition coefficient (Wildman–Crippen LogP) is -0.294. The average Bonchev–Trinajstić information content (AvgIpc) is 3.10. The number of piperazine rings is 1. The molecule has 0 spiro atoms. The van der Waals surface area contributed by atoms with Gasteiger partial charge in [-0.3, -0.25) is 14.4 Å². The summed E-state index contributed by atoms with van der Waals surface area (Å²) in [5.74, 6) is -0.996. The number of rotatable bonds is 2. The van der Waals surface area contributed by atoms with Gasteiger partial charge in [-0.1, -0.05) is 18.2 Å². The molecule has 7 nitrogen and oxygen atoms in total. The van der Waals surface area contributed by atoms with Crippen LogP contribution in [0.3, 0.4) is 0 Å². The molecule has 120 valence electrons. The van der Waals surface area contributed by atoms with Crippen molar-refractivity contribution >= 4 is 23.4 Å². The van der Waals surface area contributed by atoms with Crippen LogP contribution < -0.4 is 10.6 Å². The molecule has 2 fully saturated rings. The second-order valence-electron chi connectivity index (χ2n) is 6.31. The van der Waals surface area contributed by atoms with Crippen molar-refractivity contribution in [3.05, 3.63) is 29.8 Å². The maximum atomic E-state index is 12.6. The molecular formula is C16H17N3O4. The molecule has 1 aromatic carbocycles. The quantitative estimate of drug-likeness (QED) is 0.698. The lowest BCUT2D eigenvalue weighted by Crippen LogP contribution is -2.62. The second kappa shape index (κ2) is 4.79. The molecule has 0 aliphatic carbocycles. The molecule has 3 N–H and O–H groups in total. The number of fused-ring (bicyclic) bond motifs is 2. The number of amides is 3. The van der Waals surface area contributed by atoms with Crippen LogP contribution in [0.1, 0.15) is 24.8 Å². The van der Waals surface area contributed by atoms with Crippen LogP contribution in [0.5, 0.6) is 0 Å². The smallest absolute Gasteiger partial charge is 0.261 e. The lowest BCUT2D eigenvalue weighted by Gasteiger charge is -2.36. The molecule has 0 bridgehead atoms. The third-order valence-corrected chi connectivity index (χ3v) is 4.95. The van der Waals surface area contributed by atoms with Crippen molar-refractivity contribution < 1.29 is 19.5 Å². The third kappa shape index (κ3) is 1.96. The molecule has 23 heavy (non-hydrogen) atoms. The molecule has 0 radical (unpaired) electrons. The SMILES string of the molecule is O=C1NC(CC2(O)C(=O)Nc3ccccc32)C(=O)N2CCCC12. The number of aliphatic hydroxyl groups is 1. The number of nitrogens with one attached hydrogen (secondary N) is 2. The van der Waals surface area contributed by atoms with Crippen LogP contribution in [-0.2, 0) is 20.0 Å². The minimum Gasteiger partial charge on any atom is -0.375 e. The number of benzene rings is 1. The number of hydrogen-bond acceptors (Lipinski definition) is 4. The van der Waals surface area contributed by atoms with E-state index in [0.717, 1.165) is 6.42 Å². The molecular weight excluding hydrogens is 298 g/mol. The van der Waals surface area contributed by atoms with Gasteiger partial charge in [0.05, 0.1) is 0 Å². The minimum absolute atomic E-state index is 0.163. The van der Waals surface area contributed by atoms with E-state index in [1.54, 1.807) is 29.2 Å². The van der Waals surface area contributed by atoms with Crippen molar-refractivity contribution in [3.63, 3.8) is 0 Å². The van der Waals surface area contributed by atoms with Crippen LogP contribution in [0.25, 0.3) is 0 Å². The Morgan fingerprint density at radius 3 is 2.87 bits per heavy atom. The highest BCUT2D eigenvalue weighted by molar-refractivity contribution is 6.06. The Labute approximate surface area is 132 Å². The van der Waals surface area contributed by atoms with Crippen LogP contribution in [0.15, 0.2) is 24.3 Å². The van der Waals surface area contributed by atoms with Crippen LogP contribution >= 0.6 is 0 Å². The van der Waals surface area contributed by atoms with E-state index < -0.39 is 23.6 Å². The lowest BCUT2D eigenvalue weighted by atomic mass is 9.87. The first-order chi connectivity index (χ1) is 11.0. The van der Waals surface area contributed by atoms with Crippen molar-refractivity contribution in [3.8, 4) is 0 Å². The van der Waals surface area contributed by atoms with Crippen LogP contribution in [-0.4, -0.2) is 46.4 Å². The molecule has 3 atom stereocenters. The number of hydrogen-bond donors (Lipinski definition) is 3. The van der Waals surface area contributed by atoms with Gasteiger partial charge in [0.25, 0.3) is 5.91 Å². The Balaban J connectivity index is 1.64. The number of anilines is 1. The van der Waals surface area contributed by atoms with Crippen LogP contribution in [0.2, 0.25) is 0 Å². The first-order valence-electron chi connectivity index (χ1n) is 7.75. The Kier molecular flexibility index (Phi) is 2.96. The van der Waals surface area contributed by atoms with E-state index in [-0.39, 0.29) is 18.2 Å². The van der Waals surface area contributed by atoms with E-state index in [0.29, 0.717) is 24.2 Å². The number of carbonyl (C=O) groups excluding carboxylic acids is 3. The van der Waals surface area contributed by atoms with Gasteiger partial charge in [-0.2, -0.15) is 0 Å². The molecule has 3 aliphatic heterocycles. The van der Waals surface area contributed by atoms with Crippen molar-refractivity contribution in [2.75, 3.05) is 11.9 Å². The molecule has 3 heterocycles. The van der Waals surface area contributed by atoms with Crippen LogP contribution in [0, 0.1) is 0 Å². The molecule has 1 aromatic rings. The van der Waals surface area contributed by atoms with Gasteiger partial charge in [0.1, 0.15) is 12.1 Å². The van der Waals surface area contributed by atoms with Crippen molar-refractivity contribution in [1.82, 2.24) is 10.2 Å². The lowest BCUT2D eigenvalue weighted by molar-refractivity contribution is -0.151. The van der Waals surface area contributed by atoms with Gasteiger partial charge < -0.3 is 20.6 Å². The Morgan fingerprint density at radius 2 is 2.04 bits per heavy atom. The van der Waals surface area contributed by atoms with Crippen LogP contribution in [0.4, 0.5) is 5.69 Å². The van der Waals surface area contributed by atoms with E-state index in [2.05, 4.69) is 10.6 Å². The van der Waals surface area contributed by atoms with Gasteiger partial charge in [0, 0.05) is 24.2 Å².